The van der Waals surface area contributed by atoms with Gasteiger partial charge in [-0.05, 0) is 110 Å². The van der Waals surface area contributed by atoms with Gasteiger partial charge in [0.1, 0.15) is 5.78 Å². The van der Waals surface area contributed by atoms with E-state index in [-0.39, 0.29) is 57.7 Å². The van der Waals surface area contributed by atoms with Gasteiger partial charge in [-0.2, -0.15) is 8.61 Å². The van der Waals surface area contributed by atoms with Crippen molar-refractivity contribution in [1.29, 1.82) is 0 Å². The highest BCUT2D eigenvalue weighted by atomic mass is 32.2. The van der Waals surface area contributed by atoms with Gasteiger partial charge in [-0.25, -0.2) is 16.8 Å². The average molecular weight is 647 g/mol. The van der Waals surface area contributed by atoms with Gasteiger partial charge in [-0.15, -0.1) is 0 Å². The number of hydrogen-bond acceptors (Lipinski definition) is 6. The third-order valence-corrected chi connectivity index (χ3v) is 17.1. The second kappa shape index (κ2) is 11.7. The maximum atomic E-state index is 13.1. The predicted octanol–water partition coefficient (Wildman–Crippen LogP) is 6.46. The quantitative estimate of drug-likeness (QED) is 0.253. The number of rotatable bonds is 10. The lowest BCUT2D eigenvalue weighted by molar-refractivity contribution is -0.128. The van der Waals surface area contributed by atoms with Crippen molar-refractivity contribution in [3.63, 3.8) is 0 Å². The monoisotopic (exact) mass is 646 g/mol. The third kappa shape index (κ3) is 5.71. The van der Waals surface area contributed by atoms with E-state index in [2.05, 4.69) is 27.7 Å². The van der Waals surface area contributed by atoms with Crippen molar-refractivity contribution in [2.24, 2.45) is 33.5 Å². The number of nitrogens with zero attached hydrogens (tertiary/aromatic N) is 2. The number of Topliss-reactive ketones (excluding diaryl/α,β-unsaturated/α-hetero) is 1. The highest BCUT2D eigenvalue weighted by Gasteiger charge is 2.66. The molecule has 0 aliphatic heterocycles. The summed E-state index contributed by atoms with van der Waals surface area (Å²) in [7, 11) is -6.75. The maximum absolute atomic E-state index is 13.1. The second-order valence-electron chi connectivity index (χ2n) is 15.9. The minimum atomic E-state index is -3.44. The molecule has 0 aromatic heterocycles. The lowest BCUT2D eigenvalue weighted by Crippen LogP contribution is -2.50. The molecule has 4 rings (SSSR count). The molecule has 4 unspecified atom stereocenters. The second-order valence-corrected chi connectivity index (χ2v) is 20.1. The number of thiocarbonyl (C=S) groups is 1. The fraction of sp³-hybridized carbons (Fsp3) is 0.938. The summed E-state index contributed by atoms with van der Waals surface area (Å²) in [6.45, 7) is 24.0. The van der Waals surface area contributed by atoms with E-state index in [1.54, 1.807) is 8.61 Å². The van der Waals surface area contributed by atoms with Gasteiger partial charge in [0.05, 0.1) is 11.5 Å². The lowest BCUT2D eigenvalue weighted by Gasteiger charge is -2.40. The minimum Gasteiger partial charge on any atom is -0.299 e. The Hall–Kier alpha value is -0.420. The van der Waals surface area contributed by atoms with E-state index in [0.29, 0.717) is 18.3 Å². The van der Waals surface area contributed by atoms with E-state index in [9.17, 15) is 21.6 Å². The SMILES string of the molecule is CC(C)N(C(C)C)S(=O)(=O)CC12CCC(CC1=O)C2(C)C.CC(C)N(C(C)C)S(=O)(=O)CC12CCC(CC1=S)C2(C)C. The standard InChI is InChI=1S/C16H29NO3S.C16H29NO2S2/c1-11(2)17(12(3)4)21(19,20)10-16-8-7-13(9-14(16)18)15(16,5)6;1-11(2)17(12(3)4)21(18,19)10-16-8-7-13(9-14(16)20)15(16,5)6/h2*11-13H,7-10H2,1-6H3. The summed E-state index contributed by atoms with van der Waals surface area (Å²) in [5.74, 6) is 1.26. The fourth-order valence-corrected chi connectivity index (χ4v) is 15.7. The van der Waals surface area contributed by atoms with Crippen LogP contribution in [0.1, 0.15) is 122 Å². The Morgan fingerprint density at radius 3 is 1.26 bits per heavy atom. The van der Waals surface area contributed by atoms with Crippen molar-refractivity contribution in [2.75, 3.05) is 11.5 Å². The molecule has 0 heterocycles. The first-order valence-electron chi connectivity index (χ1n) is 16.0. The van der Waals surface area contributed by atoms with Crippen LogP contribution in [-0.2, 0) is 24.8 Å². The Balaban J connectivity index is 0.000000230. The van der Waals surface area contributed by atoms with Crippen LogP contribution in [0.25, 0.3) is 0 Å². The zero-order valence-electron chi connectivity index (χ0n) is 28.3. The van der Waals surface area contributed by atoms with Gasteiger partial charge in [0.25, 0.3) is 0 Å². The predicted molar refractivity (Wildman–Crippen MR) is 177 cm³/mol. The van der Waals surface area contributed by atoms with E-state index in [0.717, 1.165) is 37.0 Å². The number of hydrogen-bond donors (Lipinski definition) is 0. The van der Waals surface area contributed by atoms with Crippen molar-refractivity contribution < 1.29 is 21.6 Å². The van der Waals surface area contributed by atoms with Gasteiger partial charge in [0, 0.05) is 46.3 Å². The van der Waals surface area contributed by atoms with Gasteiger partial charge in [-0.1, -0.05) is 39.9 Å². The van der Waals surface area contributed by atoms with Crippen LogP contribution in [0.5, 0.6) is 0 Å². The molecule has 42 heavy (non-hydrogen) atoms. The van der Waals surface area contributed by atoms with E-state index in [1.807, 2.05) is 55.4 Å². The normalized spacial score (nSPS) is 31.9. The molecule has 4 saturated carbocycles. The van der Waals surface area contributed by atoms with Gasteiger partial charge in [-0.3, -0.25) is 4.79 Å². The summed E-state index contributed by atoms with van der Waals surface area (Å²) < 4.78 is 55.2. The molecular formula is C32H58N2O5S3. The third-order valence-electron chi connectivity index (χ3n) is 11.8. The van der Waals surface area contributed by atoms with Crippen LogP contribution in [0.3, 0.4) is 0 Å². The van der Waals surface area contributed by atoms with Gasteiger partial charge < -0.3 is 0 Å². The topological polar surface area (TPSA) is 91.8 Å². The Morgan fingerprint density at radius 2 is 1.00 bits per heavy atom. The summed E-state index contributed by atoms with van der Waals surface area (Å²) in [5.41, 5.74) is -1.15. The summed E-state index contributed by atoms with van der Waals surface area (Å²) in [5, 5.41) is 0. The van der Waals surface area contributed by atoms with Crippen molar-refractivity contribution >= 4 is 42.9 Å². The zero-order valence-corrected chi connectivity index (χ0v) is 30.7. The number of carbonyl (C=O) groups is 1. The first-order chi connectivity index (χ1) is 18.9. The maximum Gasteiger partial charge on any atom is 0.215 e. The summed E-state index contributed by atoms with van der Waals surface area (Å²) >= 11 is 5.63. The Kier molecular flexibility index (Phi) is 10.1. The van der Waals surface area contributed by atoms with Gasteiger partial charge in [0.2, 0.25) is 20.0 Å². The van der Waals surface area contributed by atoms with E-state index in [1.165, 1.54) is 0 Å². The first kappa shape index (κ1) is 36.1. The molecule has 4 fully saturated rings. The molecular weight excluding hydrogens is 589 g/mol. The molecule has 0 radical (unpaired) electrons. The molecule has 0 saturated heterocycles. The largest absolute Gasteiger partial charge is 0.299 e. The van der Waals surface area contributed by atoms with Crippen LogP contribution in [0.4, 0.5) is 0 Å². The van der Waals surface area contributed by atoms with Crippen molar-refractivity contribution in [3.05, 3.63) is 0 Å². The van der Waals surface area contributed by atoms with Crippen LogP contribution >= 0.6 is 12.2 Å². The van der Waals surface area contributed by atoms with Crippen LogP contribution in [0.2, 0.25) is 0 Å². The Labute approximate surface area is 263 Å². The number of sulfonamides is 2. The highest BCUT2D eigenvalue weighted by molar-refractivity contribution is 7.89. The number of fused-ring (bicyclic) bond motifs is 4. The van der Waals surface area contributed by atoms with E-state index >= 15 is 0 Å². The molecule has 0 aromatic carbocycles. The first-order valence-corrected chi connectivity index (χ1v) is 19.6. The molecule has 7 nitrogen and oxygen atoms in total. The highest BCUT2D eigenvalue weighted by Crippen LogP contribution is 2.65. The molecule has 244 valence electrons. The summed E-state index contributed by atoms with van der Waals surface area (Å²) in [4.78, 5) is 13.5. The van der Waals surface area contributed by atoms with Crippen molar-refractivity contribution in [3.8, 4) is 0 Å². The minimum absolute atomic E-state index is 0.0107. The smallest absolute Gasteiger partial charge is 0.215 e. The Bertz CT molecular complexity index is 1150. The lowest BCUT2D eigenvalue weighted by atomic mass is 9.70. The fourth-order valence-electron chi connectivity index (χ4n) is 9.47. The molecule has 4 atom stereocenters. The summed E-state index contributed by atoms with van der Waals surface area (Å²) in [6.07, 6.45) is 5.26. The van der Waals surface area contributed by atoms with Crippen LogP contribution < -0.4 is 0 Å². The van der Waals surface area contributed by atoms with E-state index < -0.39 is 25.5 Å². The molecule has 4 bridgehead atoms. The van der Waals surface area contributed by atoms with Crippen molar-refractivity contribution in [2.45, 2.75) is 146 Å². The average Bonchev–Trinajstić information content (AvgIpc) is 3.30. The Morgan fingerprint density at radius 1 is 0.667 bits per heavy atom. The van der Waals surface area contributed by atoms with Crippen LogP contribution in [0.15, 0.2) is 0 Å². The van der Waals surface area contributed by atoms with Crippen LogP contribution in [-0.4, -0.2) is 71.8 Å². The summed E-state index contributed by atoms with van der Waals surface area (Å²) in [6, 6.07) is -0.185. The molecule has 4 aliphatic rings. The molecule has 0 N–H and O–H groups in total. The molecule has 4 aliphatic carbocycles. The zero-order chi connectivity index (χ0) is 32.4. The van der Waals surface area contributed by atoms with Gasteiger partial charge in [0.15, 0.2) is 0 Å². The molecule has 10 heteroatoms. The number of ketones is 1. The molecule has 0 aromatic rings. The number of carbonyl (C=O) groups excluding carboxylic acids is 1. The molecule has 0 amide bonds. The van der Waals surface area contributed by atoms with Crippen LogP contribution in [0, 0.1) is 33.5 Å². The van der Waals surface area contributed by atoms with E-state index in [4.69, 9.17) is 12.2 Å². The van der Waals surface area contributed by atoms with Gasteiger partial charge >= 0.3 is 0 Å². The van der Waals surface area contributed by atoms with Crippen molar-refractivity contribution in [1.82, 2.24) is 8.61 Å². The molecule has 0 spiro atoms.